The number of nitrogens with one attached hydrogen (secondary N) is 1. The molecule has 0 spiro atoms. The molecule has 0 radical (unpaired) electrons. The van der Waals surface area contributed by atoms with Gasteiger partial charge in [0.2, 0.25) is 10.0 Å². The number of piperidine rings is 1. The van der Waals surface area contributed by atoms with E-state index in [1.165, 1.54) is 20.2 Å². The van der Waals surface area contributed by atoms with E-state index < -0.39 is 10.0 Å². The molecule has 1 N–H and O–H groups in total. The summed E-state index contributed by atoms with van der Waals surface area (Å²) < 4.78 is 31.3. The molecular weight excluding hydrogens is 382 g/mol. The van der Waals surface area contributed by atoms with Gasteiger partial charge in [0, 0.05) is 38.8 Å². The van der Waals surface area contributed by atoms with E-state index in [4.69, 9.17) is 4.74 Å². The van der Waals surface area contributed by atoms with Crippen molar-refractivity contribution >= 4 is 22.0 Å². The summed E-state index contributed by atoms with van der Waals surface area (Å²) in [6.45, 7) is 6.64. The number of amides is 2. The quantitative estimate of drug-likeness (QED) is 0.798. The molecule has 0 saturated carbocycles. The number of rotatable bonds is 5. The SMILES string of the molecule is CCOC(=O)N1CCC(NC(=O)c2cc(C)c(C)c(S(=O)(=O)N(C)C)c2)CC1. The molecule has 1 aliphatic rings. The predicted octanol–water partition coefficient (Wildman–Crippen LogP) is 1.90. The summed E-state index contributed by atoms with van der Waals surface area (Å²) in [7, 11) is -0.713. The number of carbonyl (C=O) groups is 2. The minimum absolute atomic E-state index is 0.0753. The van der Waals surface area contributed by atoms with Crippen molar-refractivity contribution in [3.05, 3.63) is 28.8 Å². The molecule has 2 amide bonds. The van der Waals surface area contributed by atoms with Crippen LogP contribution in [0.5, 0.6) is 0 Å². The molecule has 1 aromatic rings. The van der Waals surface area contributed by atoms with Crippen molar-refractivity contribution in [1.29, 1.82) is 0 Å². The van der Waals surface area contributed by atoms with Crippen molar-refractivity contribution in [3.8, 4) is 0 Å². The Kier molecular flexibility index (Phi) is 7.06. The van der Waals surface area contributed by atoms with Crippen LogP contribution < -0.4 is 5.32 Å². The van der Waals surface area contributed by atoms with Crippen LogP contribution in [-0.2, 0) is 14.8 Å². The molecule has 1 aliphatic heterocycles. The second kappa shape index (κ2) is 8.91. The van der Waals surface area contributed by atoms with Crippen LogP contribution >= 0.6 is 0 Å². The van der Waals surface area contributed by atoms with Crippen molar-refractivity contribution in [3.63, 3.8) is 0 Å². The van der Waals surface area contributed by atoms with Gasteiger partial charge in [-0.2, -0.15) is 0 Å². The normalized spacial score (nSPS) is 15.6. The summed E-state index contributed by atoms with van der Waals surface area (Å²) in [5.74, 6) is -0.312. The maximum absolute atomic E-state index is 12.7. The number of ether oxygens (including phenoxy) is 1. The third kappa shape index (κ3) is 4.82. The first kappa shape index (κ1) is 22.2. The number of carbonyl (C=O) groups excluding carboxylic acids is 2. The van der Waals surface area contributed by atoms with Gasteiger partial charge in [-0.3, -0.25) is 4.79 Å². The van der Waals surface area contributed by atoms with Crippen LogP contribution in [0.25, 0.3) is 0 Å². The molecule has 8 nitrogen and oxygen atoms in total. The Morgan fingerprint density at radius 3 is 2.36 bits per heavy atom. The van der Waals surface area contributed by atoms with Crippen LogP contribution in [0.2, 0.25) is 0 Å². The first-order valence-electron chi connectivity index (χ1n) is 9.34. The number of benzene rings is 1. The smallest absolute Gasteiger partial charge is 0.409 e. The van der Waals surface area contributed by atoms with Gasteiger partial charge in [0.25, 0.3) is 5.91 Å². The van der Waals surface area contributed by atoms with Crippen molar-refractivity contribution in [2.75, 3.05) is 33.8 Å². The summed E-state index contributed by atoms with van der Waals surface area (Å²) in [6.07, 6.45) is 0.913. The molecule has 9 heteroatoms. The molecule has 2 rings (SSSR count). The molecule has 1 heterocycles. The van der Waals surface area contributed by atoms with Gasteiger partial charge in [0.05, 0.1) is 11.5 Å². The van der Waals surface area contributed by atoms with Crippen molar-refractivity contribution in [1.82, 2.24) is 14.5 Å². The maximum atomic E-state index is 12.7. The van der Waals surface area contributed by atoms with Crippen molar-refractivity contribution < 1.29 is 22.7 Å². The number of likely N-dealkylation sites (tertiary alicyclic amines) is 1. The van der Waals surface area contributed by atoms with Gasteiger partial charge >= 0.3 is 6.09 Å². The van der Waals surface area contributed by atoms with E-state index in [2.05, 4.69) is 5.32 Å². The second-order valence-electron chi connectivity index (χ2n) is 7.14. The Morgan fingerprint density at radius 2 is 1.82 bits per heavy atom. The number of hydrogen-bond acceptors (Lipinski definition) is 5. The van der Waals surface area contributed by atoms with Gasteiger partial charge in [-0.25, -0.2) is 17.5 Å². The second-order valence-corrected chi connectivity index (χ2v) is 9.26. The lowest BCUT2D eigenvalue weighted by Crippen LogP contribution is -2.46. The standard InChI is InChI=1S/C19H29N3O5S/c1-6-27-19(24)22-9-7-16(8-10-22)20-18(23)15-11-13(2)14(3)17(12-15)28(25,26)21(4)5/h11-12,16H,6-10H2,1-5H3,(H,20,23). The Labute approximate surface area is 166 Å². The van der Waals surface area contributed by atoms with E-state index in [1.54, 1.807) is 31.7 Å². The van der Waals surface area contributed by atoms with Crippen molar-refractivity contribution in [2.45, 2.75) is 44.6 Å². The lowest BCUT2D eigenvalue weighted by atomic mass is 10.0. The van der Waals surface area contributed by atoms with Gasteiger partial charge in [-0.05, 0) is 56.9 Å². The largest absolute Gasteiger partial charge is 0.450 e. The minimum atomic E-state index is -3.65. The summed E-state index contributed by atoms with van der Waals surface area (Å²) >= 11 is 0. The average Bonchev–Trinajstić information content (AvgIpc) is 2.64. The molecule has 156 valence electrons. The predicted molar refractivity (Wildman–Crippen MR) is 106 cm³/mol. The molecule has 0 unspecified atom stereocenters. The highest BCUT2D eigenvalue weighted by Gasteiger charge is 2.26. The van der Waals surface area contributed by atoms with E-state index in [0.717, 1.165) is 9.87 Å². The fourth-order valence-electron chi connectivity index (χ4n) is 3.11. The summed E-state index contributed by atoms with van der Waals surface area (Å²) in [5.41, 5.74) is 1.69. The first-order chi connectivity index (χ1) is 13.1. The topological polar surface area (TPSA) is 96.0 Å². The molecule has 1 saturated heterocycles. The molecule has 0 bridgehead atoms. The van der Waals surface area contributed by atoms with Gasteiger partial charge in [0.1, 0.15) is 0 Å². The number of sulfonamides is 1. The van der Waals surface area contributed by atoms with E-state index in [9.17, 15) is 18.0 Å². The van der Waals surface area contributed by atoms with Crippen LogP contribution in [0.1, 0.15) is 41.3 Å². The lowest BCUT2D eigenvalue weighted by Gasteiger charge is -2.31. The van der Waals surface area contributed by atoms with Crippen LogP contribution in [-0.4, -0.2) is 69.5 Å². The maximum Gasteiger partial charge on any atom is 0.409 e. The van der Waals surface area contributed by atoms with Gasteiger partial charge in [-0.1, -0.05) is 0 Å². The highest BCUT2D eigenvalue weighted by molar-refractivity contribution is 7.89. The zero-order valence-corrected chi connectivity index (χ0v) is 17.9. The zero-order chi connectivity index (χ0) is 21.1. The first-order valence-corrected chi connectivity index (χ1v) is 10.8. The van der Waals surface area contributed by atoms with E-state index in [0.29, 0.717) is 43.7 Å². The highest BCUT2D eigenvalue weighted by Crippen LogP contribution is 2.23. The monoisotopic (exact) mass is 411 g/mol. The Hall–Kier alpha value is -2.13. The highest BCUT2D eigenvalue weighted by atomic mass is 32.2. The zero-order valence-electron chi connectivity index (χ0n) is 17.1. The molecule has 1 aromatic carbocycles. The van der Waals surface area contributed by atoms with Gasteiger partial charge in [-0.15, -0.1) is 0 Å². The third-order valence-electron chi connectivity index (χ3n) is 5.00. The van der Waals surface area contributed by atoms with Crippen LogP contribution in [0.4, 0.5) is 4.79 Å². The molecular formula is C19H29N3O5S. The summed E-state index contributed by atoms with van der Waals surface area (Å²) in [4.78, 5) is 26.2. The Balaban J connectivity index is 2.12. The molecule has 28 heavy (non-hydrogen) atoms. The number of nitrogens with zero attached hydrogens (tertiary/aromatic N) is 2. The molecule has 0 atom stereocenters. The van der Waals surface area contributed by atoms with Gasteiger partial charge < -0.3 is 15.0 Å². The Morgan fingerprint density at radius 1 is 1.21 bits per heavy atom. The van der Waals surface area contributed by atoms with Crippen LogP contribution in [0.15, 0.2) is 17.0 Å². The number of hydrogen-bond donors (Lipinski definition) is 1. The Bertz CT molecular complexity index is 843. The minimum Gasteiger partial charge on any atom is -0.450 e. The van der Waals surface area contributed by atoms with E-state index in [1.807, 2.05) is 0 Å². The molecule has 0 aliphatic carbocycles. The lowest BCUT2D eigenvalue weighted by molar-refractivity contribution is 0.0860. The third-order valence-corrected chi connectivity index (χ3v) is 6.94. The summed E-state index contributed by atoms with van der Waals surface area (Å²) in [5, 5.41) is 2.96. The van der Waals surface area contributed by atoms with Crippen LogP contribution in [0, 0.1) is 13.8 Å². The fourth-order valence-corrected chi connectivity index (χ4v) is 4.33. The van der Waals surface area contributed by atoms with Gasteiger partial charge in [0.15, 0.2) is 0 Å². The average molecular weight is 412 g/mol. The van der Waals surface area contributed by atoms with E-state index >= 15 is 0 Å². The molecule has 1 fully saturated rings. The van der Waals surface area contributed by atoms with Crippen molar-refractivity contribution in [2.24, 2.45) is 0 Å². The summed E-state index contributed by atoms with van der Waals surface area (Å²) in [6, 6.07) is 3.06. The van der Waals surface area contributed by atoms with Crippen LogP contribution in [0.3, 0.4) is 0 Å². The fraction of sp³-hybridized carbons (Fsp3) is 0.579. The number of aryl methyl sites for hydroxylation is 1. The van der Waals surface area contributed by atoms with E-state index in [-0.39, 0.29) is 22.9 Å². The molecule has 0 aromatic heterocycles.